The fraction of sp³-hybridized carbons (Fsp3) is 0.370. The molecule has 0 saturated heterocycles. The van der Waals surface area contributed by atoms with E-state index in [1.807, 2.05) is 0 Å². The van der Waals surface area contributed by atoms with Gasteiger partial charge in [0.15, 0.2) is 0 Å². The van der Waals surface area contributed by atoms with Gasteiger partial charge in [0.1, 0.15) is 16.6 Å². The van der Waals surface area contributed by atoms with Crippen LogP contribution in [0, 0.1) is 6.92 Å². The molecule has 1 N–H and O–H groups in total. The van der Waals surface area contributed by atoms with Gasteiger partial charge in [-0.2, -0.15) is 10.2 Å². The van der Waals surface area contributed by atoms with Crippen LogP contribution in [0.4, 0.5) is 5.00 Å². The van der Waals surface area contributed by atoms with Gasteiger partial charge >= 0.3 is 5.97 Å². The first-order valence-corrected chi connectivity index (χ1v) is 13.8. The van der Waals surface area contributed by atoms with Crippen LogP contribution in [0.25, 0.3) is 16.6 Å². The summed E-state index contributed by atoms with van der Waals surface area (Å²) in [6.45, 7) is 5.37. The van der Waals surface area contributed by atoms with Gasteiger partial charge in [-0.15, -0.1) is 11.3 Å². The monoisotopic (exact) mass is 553 g/mol. The van der Waals surface area contributed by atoms with E-state index in [1.165, 1.54) is 20.7 Å². The highest BCUT2D eigenvalue weighted by molar-refractivity contribution is 7.17. The number of anilines is 1. The Morgan fingerprint density at radius 2 is 2.03 bits per heavy atom. The number of nitrogens with one attached hydrogen (secondary N) is 1. The largest absolute Gasteiger partial charge is 0.462 e. The Hall–Kier alpha value is -3.50. The number of carbonyl (C=O) groups excluding carboxylic acids is 2. The van der Waals surface area contributed by atoms with Crippen molar-refractivity contribution in [2.75, 3.05) is 11.9 Å². The van der Waals surface area contributed by atoms with Crippen molar-refractivity contribution < 1.29 is 14.3 Å². The molecule has 38 heavy (non-hydrogen) atoms. The molecule has 0 spiro atoms. The van der Waals surface area contributed by atoms with Gasteiger partial charge in [0.2, 0.25) is 5.91 Å². The number of rotatable bonds is 6. The Labute approximate surface area is 228 Å². The molecule has 11 heteroatoms. The molecule has 0 radical (unpaired) electrons. The van der Waals surface area contributed by atoms with Gasteiger partial charge in [-0.25, -0.2) is 14.2 Å². The molecule has 0 fully saturated rings. The number of hydrogen-bond acceptors (Lipinski definition) is 7. The third-order valence-corrected chi connectivity index (χ3v) is 8.21. The summed E-state index contributed by atoms with van der Waals surface area (Å²) in [5.74, 6) is -0.887. The van der Waals surface area contributed by atoms with Crippen LogP contribution in [0.15, 0.2) is 35.3 Å². The average Bonchev–Trinajstić information content (AvgIpc) is 3.41. The summed E-state index contributed by atoms with van der Waals surface area (Å²) in [5.41, 5.74) is 2.42. The lowest BCUT2D eigenvalue weighted by atomic mass is 10.1. The number of nitrogens with zero attached hydrogens (tertiary/aromatic N) is 4. The summed E-state index contributed by atoms with van der Waals surface area (Å²) >= 11 is 7.58. The van der Waals surface area contributed by atoms with Crippen molar-refractivity contribution in [2.24, 2.45) is 0 Å². The first-order chi connectivity index (χ1) is 18.3. The van der Waals surface area contributed by atoms with Crippen LogP contribution in [0.3, 0.4) is 0 Å². The molecule has 3 heterocycles. The van der Waals surface area contributed by atoms with Crippen molar-refractivity contribution in [2.45, 2.75) is 58.9 Å². The maximum atomic E-state index is 13.6. The van der Waals surface area contributed by atoms with Gasteiger partial charge in [0, 0.05) is 15.3 Å². The summed E-state index contributed by atoms with van der Waals surface area (Å²) in [6, 6.07) is 6.07. The topological polar surface area (TPSA) is 108 Å². The molecule has 9 nitrogen and oxygen atoms in total. The fourth-order valence-corrected chi connectivity index (χ4v) is 6.30. The number of thiophene rings is 1. The van der Waals surface area contributed by atoms with Crippen LogP contribution in [-0.2, 0) is 22.4 Å². The third kappa shape index (κ3) is 4.74. The van der Waals surface area contributed by atoms with Crippen LogP contribution < -0.4 is 10.9 Å². The predicted octanol–water partition coefficient (Wildman–Crippen LogP) is 5.25. The number of halogens is 1. The second-order valence-electron chi connectivity index (χ2n) is 9.29. The standard InChI is InChI=1S/C27H28ClN5O4S/c1-4-37-27(36)22-19-11-6-5-7-12-21(19)38-25(22)30-24(34)16(3)32-26(35)23-20(15(2)31-32)14-29-33(23)18-10-8-9-17(28)13-18/h8-10,13-14,16H,4-7,11-12H2,1-3H3,(H,30,34). The molecule has 1 unspecified atom stereocenters. The molecular formula is C27H28ClN5O4S. The van der Waals surface area contributed by atoms with Gasteiger partial charge in [-0.05, 0) is 70.2 Å². The van der Waals surface area contributed by atoms with Crippen LogP contribution in [0.2, 0.25) is 5.02 Å². The summed E-state index contributed by atoms with van der Waals surface area (Å²) < 4.78 is 8.00. The molecule has 3 aromatic heterocycles. The van der Waals surface area contributed by atoms with E-state index in [9.17, 15) is 14.4 Å². The van der Waals surface area contributed by atoms with E-state index < -0.39 is 23.5 Å². The molecule has 1 aliphatic rings. The number of esters is 1. The Bertz CT molecular complexity index is 1600. The smallest absolute Gasteiger partial charge is 0.341 e. The second-order valence-corrected chi connectivity index (χ2v) is 10.8. The van der Waals surface area contributed by atoms with Crippen LogP contribution in [0.5, 0.6) is 0 Å². The highest BCUT2D eigenvalue weighted by atomic mass is 35.5. The normalized spacial score (nSPS) is 14.1. The Morgan fingerprint density at radius 1 is 1.24 bits per heavy atom. The number of ether oxygens (including phenoxy) is 1. The summed E-state index contributed by atoms with van der Waals surface area (Å²) in [7, 11) is 0. The van der Waals surface area contributed by atoms with E-state index >= 15 is 0 Å². The minimum atomic E-state index is -0.953. The van der Waals surface area contributed by atoms with Gasteiger partial charge in [-0.1, -0.05) is 24.1 Å². The second kappa shape index (κ2) is 10.7. The molecule has 198 valence electrons. The van der Waals surface area contributed by atoms with E-state index in [2.05, 4.69) is 15.5 Å². The average molecular weight is 554 g/mol. The van der Waals surface area contributed by atoms with Gasteiger partial charge in [0.05, 0.1) is 29.7 Å². The molecule has 1 aliphatic carbocycles. The summed E-state index contributed by atoms with van der Waals surface area (Å²) in [6.07, 6.45) is 6.35. The maximum Gasteiger partial charge on any atom is 0.341 e. The van der Waals surface area contributed by atoms with Crippen molar-refractivity contribution >= 4 is 50.7 Å². The molecule has 1 aromatic carbocycles. The zero-order valence-corrected chi connectivity index (χ0v) is 23.0. The van der Waals surface area contributed by atoms with Crippen molar-refractivity contribution in [1.82, 2.24) is 19.6 Å². The van der Waals surface area contributed by atoms with Gasteiger partial charge in [-0.3, -0.25) is 9.59 Å². The highest BCUT2D eigenvalue weighted by Gasteiger charge is 2.29. The van der Waals surface area contributed by atoms with E-state index in [0.29, 0.717) is 37.9 Å². The Morgan fingerprint density at radius 3 is 2.79 bits per heavy atom. The zero-order valence-electron chi connectivity index (χ0n) is 21.4. The third-order valence-electron chi connectivity index (χ3n) is 6.76. The van der Waals surface area contributed by atoms with E-state index in [-0.39, 0.29) is 6.61 Å². The first kappa shape index (κ1) is 26.1. The van der Waals surface area contributed by atoms with Crippen molar-refractivity contribution in [3.63, 3.8) is 0 Å². The van der Waals surface area contributed by atoms with Gasteiger partial charge in [0.25, 0.3) is 5.56 Å². The van der Waals surface area contributed by atoms with Gasteiger partial charge < -0.3 is 10.1 Å². The number of aromatic nitrogens is 4. The van der Waals surface area contributed by atoms with E-state index in [1.54, 1.807) is 51.2 Å². The highest BCUT2D eigenvalue weighted by Crippen LogP contribution is 2.38. The predicted molar refractivity (Wildman–Crippen MR) is 148 cm³/mol. The number of benzene rings is 1. The molecule has 0 aliphatic heterocycles. The maximum absolute atomic E-state index is 13.6. The van der Waals surface area contributed by atoms with Crippen LogP contribution in [-0.4, -0.2) is 38.0 Å². The lowest BCUT2D eigenvalue weighted by Gasteiger charge is -2.16. The number of hydrogen-bond donors (Lipinski definition) is 1. The molecule has 1 amide bonds. The van der Waals surface area contributed by atoms with Crippen molar-refractivity contribution in [3.05, 3.63) is 67.5 Å². The number of amides is 1. The minimum absolute atomic E-state index is 0.242. The van der Waals surface area contributed by atoms with E-state index in [4.69, 9.17) is 16.3 Å². The van der Waals surface area contributed by atoms with Crippen LogP contribution in [0.1, 0.15) is 65.6 Å². The summed E-state index contributed by atoms with van der Waals surface area (Å²) in [4.78, 5) is 41.1. The molecule has 5 rings (SSSR count). The van der Waals surface area contributed by atoms with Crippen molar-refractivity contribution in [3.8, 4) is 5.69 Å². The molecule has 4 aromatic rings. The summed E-state index contributed by atoms with van der Waals surface area (Å²) in [5, 5.41) is 13.3. The Kier molecular flexibility index (Phi) is 7.36. The SMILES string of the molecule is CCOC(=O)c1c(NC(=O)C(C)n2nc(C)c3cnn(-c4cccc(Cl)c4)c3c2=O)sc2c1CCCCC2. The van der Waals surface area contributed by atoms with E-state index in [0.717, 1.165) is 42.5 Å². The zero-order chi connectivity index (χ0) is 27.0. The lowest BCUT2D eigenvalue weighted by Crippen LogP contribution is -2.34. The van der Waals surface area contributed by atoms with Crippen molar-refractivity contribution in [1.29, 1.82) is 0 Å². The molecule has 0 bridgehead atoms. The molecular weight excluding hydrogens is 526 g/mol. The number of aryl methyl sites for hydroxylation is 2. The lowest BCUT2D eigenvalue weighted by molar-refractivity contribution is -0.119. The molecule has 1 atom stereocenters. The minimum Gasteiger partial charge on any atom is -0.462 e. The number of fused-ring (bicyclic) bond motifs is 2. The Balaban J connectivity index is 1.52. The quantitative estimate of drug-likeness (QED) is 0.258. The molecule has 0 saturated carbocycles. The van der Waals surface area contributed by atoms with Crippen LogP contribution >= 0.6 is 22.9 Å². The fourth-order valence-electron chi connectivity index (χ4n) is 4.83. The first-order valence-electron chi connectivity index (χ1n) is 12.7. The number of carbonyl (C=O) groups is 2.